The molecular weight excluding hydrogens is 290 g/mol. The number of anilines is 1. The SMILES string of the molecule is CN(Cc1cscn1)c1cc(CCl)nc2ccccc12. The van der Waals surface area contributed by atoms with Gasteiger partial charge in [0.25, 0.3) is 0 Å². The van der Waals surface area contributed by atoms with E-state index in [0.717, 1.165) is 34.5 Å². The standard InChI is InChI=1S/C15H14ClN3S/c1-19(8-12-9-20-10-17-12)15-6-11(7-16)18-14-5-3-2-4-13(14)15/h2-6,9-10H,7-8H2,1H3. The highest BCUT2D eigenvalue weighted by Crippen LogP contribution is 2.27. The van der Waals surface area contributed by atoms with E-state index in [-0.39, 0.29) is 0 Å². The minimum absolute atomic E-state index is 0.419. The Kier molecular flexibility index (Phi) is 3.85. The number of halogens is 1. The Hall–Kier alpha value is -1.65. The van der Waals surface area contributed by atoms with Crippen molar-refractivity contribution in [3.05, 3.63) is 52.6 Å². The number of alkyl halides is 1. The number of thiazole rings is 1. The van der Waals surface area contributed by atoms with Gasteiger partial charge in [0.05, 0.1) is 34.8 Å². The quantitative estimate of drug-likeness (QED) is 0.680. The lowest BCUT2D eigenvalue weighted by Gasteiger charge is -2.20. The summed E-state index contributed by atoms with van der Waals surface area (Å²) in [5.41, 5.74) is 5.94. The van der Waals surface area contributed by atoms with E-state index in [2.05, 4.69) is 39.4 Å². The Bertz CT molecular complexity index is 712. The van der Waals surface area contributed by atoms with Gasteiger partial charge in [0.1, 0.15) is 0 Å². The van der Waals surface area contributed by atoms with Crippen LogP contribution in [0.4, 0.5) is 5.69 Å². The molecule has 0 radical (unpaired) electrons. The molecule has 0 aliphatic carbocycles. The monoisotopic (exact) mass is 303 g/mol. The van der Waals surface area contributed by atoms with Crippen molar-refractivity contribution in [3.8, 4) is 0 Å². The fraction of sp³-hybridized carbons (Fsp3) is 0.200. The number of hydrogen-bond donors (Lipinski definition) is 0. The molecule has 0 amide bonds. The Balaban J connectivity index is 2.04. The van der Waals surface area contributed by atoms with Gasteiger partial charge in [0, 0.05) is 23.5 Å². The maximum absolute atomic E-state index is 5.96. The molecule has 0 bridgehead atoms. The summed E-state index contributed by atoms with van der Waals surface area (Å²) in [6.45, 7) is 0.777. The average molecular weight is 304 g/mol. The maximum Gasteiger partial charge on any atom is 0.0795 e. The highest BCUT2D eigenvalue weighted by atomic mass is 35.5. The smallest absolute Gasteiger partial charge is 0.0795 e. The molecule has 2 heterocycles. The molecule has 0 unspecified atom stereocenters. The van der Waals surface area contributed by atoms with Gasteiger partial charge in [-0.3, -0.25) is 4.98 Å². The molecule has 1 aromatic carbocycles. The molecule has 0 saturated heterocycles. The number of hydrogen-bond acceptors (Lipinski definition) is 4. The van der Waals surface area contributed by atoms with Crippen molar-refractivity contribution in [3.63, 3.8) is 0 Å². The minimum atomic E-state index is 0.419. The Morgan fingerprint density at radius 2 is 2.10 bits per heavy atom. The predicted molar refractivity (Wildman–Crippen MR) is 85.5 cm³/mol. The molecule has 20 heavy (non-hydrogen) atoms. The van der Waals surface area contributed by atoms with Crippen molar-refractivity contribution in [2.75, 3.05) is 11.9 Å². The van der Waals surface area contributed by atoms with Crippen molar-refractivity contribution in [1.82, 2.24) is 9.97 Å². The van der Waals surface area contributed by atoms with E-state index in [0.29, 0.717) is 5.88 Å². The highest BCUT2D eigenvalue weighted by molar-refractivity contribution is 7.07. The number of benzene rings is 1. The fourth-order valence-corrected chi connectivity index (χ4v) is 2.92. The number of rotatable bonds is 4. The van der Waals surface area contributed by atoms with Crippen LogP contribution in [-0.4, -0.2) is 17.0 Å². The second-order valence-electron chi connectivity index (χ2n) is 4.62. The number of pyridine rings is 1. The molecule has 0 aliphatic rings. The van der Waals surface area contributed by atoms with E-state index < -0.39 is 0 Å². The van der Waals surface area contributed by atoms with Crippen LogP contribution in [0.3, 0.4) is 0 Å². The Labute approximate surface area is 126 Å². The third-order valence-corrected chi connectivity index (χ3v) is 4.09. The summed E-state index contributed by atoms with van der Waals surface area (Å²) in [5, 5.41) is 3.21. The topological polar surface area (TPSA) is 29.0 Å². The fourth-order valence-electron chi connectivity index (χ4n) is 2.24. The van der Waals surface area contributed by atoms with Gasteiger partial charge in [0.15, 0.2) is 0 Å². The first-order chi connectivity index (χ1) is 9.78. The van der Waals surface area contributed by atoms with E-state index in [1.165, 1.54) is 0 Å². The molecule has 102 valence electrons. The highest BCUT2D eigenvalue weighted by Gasteiger charge is 2.10. The van der Waals surface area contributed by atoms with Crippen LogP contribution in [0.5, 0.6) is 0 Å². The van der Waals surface area contributed by atoms with Crippen LogP contribution in [0.25, 0.3) is 10.9 Å². The van der Waals surface area contributed by atoms with Crippen LogP contribution in [0, 0.1) is 0 Å². The van der Waals surface area contributed by atoms with Crippen molar-refractivity contribution in [1.29, 1.82) is 0 Å². The van der Waals surface area contributed by atoms with E-state index in [1.54, 1.807) is 11.3 Å². The third-order valence-electron chi connectivity index (χ3n) is 3.18. The average Bonchev–Trinajstić information content (AvgIpc) is 2.98. The van der Waals surface area contributed by atoms with Crippen molar-refractivity contribution in [2.45, 2.75) is 12.4 Å². The van der Waals surface area contributed by atoms with Crippen molar-refractivity contribution in [2.24, 2.45) is 0 Å². The predicted octanol–water partition coefficient (Wildman–Crippen LogP) is 4.07. The van der Waals surface area contributed by atoms with Crippen molar-refractivity contribution < 1.29 is 0 Å². The van der Waals surface area contributed by atoms with Crippen LogP contribution in [0.15, 0.2) is 41.2 Å². The van der Waals surface area contributed by atoms with Gasteiger partial charge in [-0.15, -0.1) is 22.9 Å². The summed E-state index contributed by atoms with van der Waals surface area (Å²) >= 11 is 7.57. The number of para-hydroxylation sites is 1. The van der Waals surface area contributed by atoms with Crippen LogP contribution >= 0.6 is 22.9 Å². The summed E-state index contributed by atoms with van der Waals surface area (Å²) in [6, 6.07) is 10.2. The molecule has 3 rings (SSSR count). The first-order valence-corrected chi connectivity index (χ1v) is 7.78. The molecule has 5 heteroatoms. The molecule has 0 aliphatic heterocycles. The lowest BCUT2D eigenvalue weighted by molar-refractivity contribution is 0.896. The zero-order valence-corrected chi connectivity index (χ0v) is 12.7. The Morgan fingerprint density at radius 3 is 2.85 bits per heavy atom. The maximum atomic E-state index is 5.96. The molecule has 0 fully saturated rings. The molecule has 0 atom stereocenters. The lowest BCUT2D eigenvalue weighted by atomic mass is 10.1. The third kappa shape index (κ3) is 2.62. The number of fused-ring (bicyclic) bond motifs is 1. The van der Waals surface area contributed by atoms with Gasteiger partial charge < -0.3 is 4.90 Å². The van der Waals surface area contributed by atoms with Gasteiger partial charge in [-0.05, 0) is 12.1 Å². The van der Waals surface area contributed by atoms with E-state index in [4.69, 9.17) is 11.6 Å². The van der Waals surface area contributed by atoms with Gasteiger partial charge in [-0.1, -0.05) is 18.2 Å². The van der Waals surface area contributed by atoms with E-state index in [9.17, 15) is 0 Å². The lowest BCUT2D eigenvalue weighted by Crippen LogP contribution is -2.17. The largest absolute Gasteiger partial charge is 0.368 e. The summed E-state index contributed by atoms with van der Waals surface area (Å²) in [7, 11) is 2.07. The van der Waals surface area contributed by atoms with E-state index >= 15 is 0 Å². The normalized spacial score (nSPS) is 10.9. The van der Waals surface area contributed by atoms with Crippen LogP contribution < -0.4 is 4.90 Å². The zero-order chi connectivity index (χ0) is 13.9. The molecule has 0 saturated carbocycles. The molecule has 0 N–H and O–H groups in total. The van der Waals surface area contributed by atoms with Crippen molar-refractivity contribution >= 4 is 39.5 Å². The van der Waals surface area contributed by atoms with E-state index in [1.807, 2.05) is 23.7 Å². The van der Waals surface area contributed by atoms with Gasteiger partial charge >= 0.3 is 0 Å². The summed E-state index contributed by atoms with van der Waals surface area (Å²) in [6.07, 6.45) is 0. The second kappa shape index (κ2) is 5.77. The van der Waals surface area contributed by atoms with Gasteiger partial charge in [0.2, 0.25) is 0 Å². The summed E-state index contributed by atoms with van der Waals surface area (Å²) in [4.78, 5) is 11.1. The molecule has 0 spiro atoms. The van der Waals surface area contributed by atoms with Crippen LogP contribution in [-0.2, 0) is 12.4 Å². The first-order valence-electron chi connectivity index (χ1n) is 6.31. The number of nitrogens with zero attached hydrogens (tertiary/aromatic N) is 3. The van der Waals surface area contributed by atoms with Gasteiger partial charge in [-0.2, -0.15) is 0 Å². The van der Waals surface area contributed by atoms with Crippen LogP contribution in [0.2, 0.25) is 0 Å². The first kappa shape index (κ1) is 13.3. The Morgan fingerprint density at radius 1 is 1.25 bits per heavy atom. The molecule has 2 aromatic heterocycles. The minimum Gasteiger partial charge on any atom is -0.368 e. The summed E-state index contributed by atoms with van der Waals surface area (Å²) in [5.74, 6) is 0.419. The molecule has 3 aromatic rings. The molecular formula is C15H14ClN3S. The second-order valence-corrected chi connectivity index (χ2v) is 5.61. The molecule has 3 nitrogen and oxygen atoms in total. The van der Waals surface area contributed by atoms with Crippen LogP contribution in [0.1, 0.15) is 11.4 Å². The zero-order valence-electron chi connectivity index (χ0n) is 11.1. The number of aromatic nitrogens is 2. The van der Waals surface area contributed by atoms with Gasteiger partial charge in [-0.25, -0.2) is 4.98 Å². The summed E-state index contributed by atoms with van der Waals surface area (Å²) < 4.78 is 0.